The molecule has 0 aliphatic rings. The topological polar surface area (TPSA) is 34.9 Å². The van der Waals surface area contributed by atoms with Crippen LogP contribution in [0.3, 0.4) is 0 Å². The van der Waals surface area contributed by atoms with Crippen LogP contribution in [-0.2, 0) is 6.54 Å². The Labute approximate surface area is 104 Å². The van der Waals surface area contributed by atoms with E-state index < -0.39 is 0 Å². The Morgan fingerprint density at radius 2 is 1.88 bits per heavy atom. The van der Waals surface area contributed by atoms with E-state index in [0.29, 0.717) is 6.54 Å². The molecule has 4 heteroatoms. The Bertz CT molecular complexity index is 700. The molecule has 84 valence electrons. The van der Waals surface area contributed by atoms with Crippen molar-refractivity contribution in [2.45, 2.75) is 6.54 Å². The van der Waals surface area contributed by atoms with Gasteiger partial charge in [-0.05, 0) is 0 Å². The molecule has 3 aromatic rings. The van der Waals surface area contributed by atoms with E-state index >= 15 is 0 Å². The van der Waals surface area contributed by atoms with Gasteiger partial charge in [-0.25, -0.2) is 0 Å². The molecule has 2 aromatic heterocycles. The first-order valence-electron chi connectivity index (χ1n) is 5.32. The molecular weight excluding hydrogens is 279 g/mol. The molecule has 0 unspecified atom stereocenters. The fraction of sp³-hybridized carbons (Fsp3) is 0.0769. The van der Waals surface area contributed by atoms with E-state index in [2.05, 4.69) is 4.98 Å². The van der Waals surface area contributed by atoms with E-state index in [0.717, 1.165) is 10.9 Å². The zero-order valence-corrected chi connectivity index (χ0v) is 10.7. The maximum absolute atomic E-state index is 12.1. The molecule has 3 nitrogen and oxygen atoms in total. The molecule has 2 heterocycles. The van der Waals surface area contributed by atoms with Crippen molar-refractivity contribution >= 4 is 24.4 Å². The van der Waals surface area contributed by atoms with Crippen LogP contribution in [0.25, 0.3) is 9.65 Å². The van der Waals surface area contributed by atoms with Crippen molar-refractivity contribution in [3.8, 4) is 0 Å². The summed E-state index contributed by atoms with van der Waals surface area (Å²) < 4.78 is 3.10. The SMILES string of the molecule is O=c1c2ccccc2[se]n1Cc1ccncc1. The van der Waals surface area contributed by atoms with E-state index in [9.17, 15) is 4.79 Å². The molecule has 17 heavy (non-hydrogen) atoms. The molecule has 0 bridgehead atoms. The van der Waals surface area contributed by atoms with E-state index in [1.165, 1.54) is 4.26 Å². The first-order chi connectivity index (χ1) is 8.34. The summed E-state index contributed by atoms with van der Waals surface area (Å²) in [4.78, 5) is 16.1. The summed E-state index contributed by atoms with van der Waals surface area (Å²) in [6, 6.07) is 11.8. The number of hydrogen-bond acceptors (Lipinski definition) is 2. The molecule has 0 radical (unpaired) electrons. The molecule has 1 aromatic carbocycles. The molecule has 0 saturated heterocycles. The van der Waals surface area contributed by atoms with Crippen LogP contribution >= 0.6 is 0 Å². The van der Waals surface area contributed by atoms with Gasteiger partial charge in [0, 0.05) is 0 Å². The first kappa shape index (κ1) is 10.5. The predicted molar refractivity (Wildman–Crippen MR) is 68.5 cm³/mol. The zero-order chi connectivity index (χ0) is 11.7. The van der Waals surface area contributed by atoms with Crippen molar-refractivity contribution < 1.29 is 0 Å². The average Bonchev–Trinajstić information content (AvgIpc) is 2.68. The van der Waals surface area contributed by atoms with Gasteiger partial charge in [-0.1, -0.05) is 0 Å². The van der Waals surface area contributed by atoms with Gasteiger partial charge in [-0.3, -0.25) is 0 Å². The minimum atomic E-state index is 0.108. The Morgan fingerprint density at radius 1 is 1.12 bits per heavy atom. The Balaban J connectivity index is 2.07. The fourth-order valence-corrected chi connectivity index (χ4v) is 3.93. The molecule has 0 saturated carbocycles. The second-order valence-electron chi connectivity index (χ2n) is 3.78. The number of rotatable bonds is 2. The van der Waals surface area contributed by atoms with Crippen LogP contribution in [0.5, 0.6) is 0 Å². The van der Waals surface area contributed by atoms with Crippen LogP contribution < -0.4 is 5.56 Å². The van der Waals surface area contributed by atoms with Gasteiger partial charge in [0.15, 0.2) is 0 Å². The predicted octanol–water partition coefficient (Wildman–Crippen LogP) is 1.50. The normalized spacial score (nSPS) is 10.8. The number of fused-ring (bicyclic) bond motifs is 1. The third-order valence-electron chi connectivity index (χ3n) is 2.63. The van der Waals surface area contributed by atoms with Crippen molar-refractivity contribution in [2.24, 2.45) is 0 Å². The number of aromatic nitrogens is 2. The van der Waals surface area contributed by atoms with Crippen LogP contribution in [0.1, 0.15) is 5.56 Å². The third-order valence-corrected chi connectivity index (χ3v) is 4.87. The standard InChI is InChI=1S/C13H10N2OSe/c16-13-11-3-1-2-4-12(11)17-15(13)9-10-5-7-14-8-6-10/h1-8H,9H2. The number of benzene rings is 1. The minimum absolute atomic E-state index is 0.108. The quantitative estimate of drug-likeness (QED) is 0.670. The van der Waals surface area contributed by atoms with Crippen molar-refractivity contribution in [1.82, 2.24) is 8.55 Å². The van der Waals surface area contributed by atoms with E-state index in [-0.39, 0.29) is 20.3 Å². The summed E-state index contributed by atoms with van der Waals surface area (Å²) in [5.41, 5.74) is 1.28. The van der Waals surface area contributed by atoms with Crippen LogP contribution in [0.2, 0.25) is 0 Å². The van der Waals surface area contributed by atoms with Crippen LogP contribution in [0, 0.1) is 0 Å². The second-order valence-corrected chi connectivity index (χ2v) is 6.02. The van der Waals surface area contributed by atoms with Gasteiger partial charge in [0.25, 0.3) is 0 Å². The summed E-state index contributed by atoms with van der Waals surface area (Å²) in [5.74, 6) is 0. The summed E-state index contributed by atoms with van der Waals surface area (Å²) in [6.07, 6.45) is 3.52. The molecule has 0 N–H and O–H groups in total. The monoisotopic (exact) mass is 290 g/mol. The Kier molecular flexibility index (Phi) is 2.67. The molecule has 0 amide bonds. The molecule has 0 spiro atoms. The van der Waals surface area contributed by atoms with E-state index in [1.807, 2.05) is 40.0 Å². The first-order valence-corrected chi connectivity index (χ1v) is 6.94. The zero-order valence-electron chi connectivity index (χ0n) is 9.04. The van der Waals surface area contributed by atoms with Crippen molar-refractivity contribution in [3.63, 3.8) is 0 Å². The summed E-state index contributed by atoms with van der Waals surface area (Å²) >= 11 is 0.108. The molecule has 3 rings (SSSR count). The van der Waals surface area contributed by atoms with Gasteiger partial charge >= 0.3 is 104 Å². The number of hydrogen-bond donors (Lipinski definition) is 0. The van der Waals surface area contributed by atoms with Crippen LogP contribution in [-0.4, -0.2) is 23.3 Å². The molecule has 0 atom stereocenters. The molecular formula is C13H10N2OSe. The van der Waals surface area contributed by atoms with Gasteiger partial charge in [0.1, 0.15) is 0 Å². The van der Waals surface area contributed by atoms with Crippen molar-refractivity contribution in [2.75, 3.05) is 0 Å². The second kappa shape index (κ2) is 4.32. The number of pyridine rings is 1. The van der Waals surface area contributed by atoms with Crippen molar-refractivity contribution in [1.29, 1.82) is 0 Å². The van der Waals surface area contributed by atoms with Gasteiger partial charge in [-0.2, -0.15) is 0 Å². The fourth-order valence-electron chi connectivity index (χ4n) is 1.78. The van der Waals surface area contributed by atoms with Crippen LogP contribution in [0.15, 0.2) is 53.6 Å². The van der Waals surface area contributed by atoms with Gasteiger partial charge < -0.3 is 0 Å². The van der Waals surface area contributed by atoms with Gasteiger partial charge in [0.2, 0.25) is 0 Å². The average molecular weight is 289 g/mol. The molecule has 0 aliphatic carbocycles. The Morgan fingerprint density at radius 3 is 2.65 bits per heavy atom. The van der Waals surface area contributed by atoms with Gasteiger partial charge in [-0.15, -0.1) is 0 Å². The summed E-state index contributed by atoms with van der Waals surface area (Å²) in [6.45, 7) is 0.677. The van der Waals surface area contributed by atoms with Gasteiger partial charge in [0.05, 0.1) is 0 Å². The summed E-state index contributed by atoms with van der Waals surface area (Å²) in [5, 5.41) is 0.863. The van der Waals surface area contributed by atoms with Crippen molar-refractivity contribution in [3.05, 3.63) is 64.7 Å². The number of nitrogens with zero attached hydrogens (tertiary/aromatic N) is 2. The van der Waals surface area contributed by atoms with E-state index in [1.54, 1.807) is 12.4 Å². The maximum atomic E-state index is 12.1. The third kappa shape index (κ3) is 1.97. The molecule has 0 aliphatic heterocycles. The molecule has 0 fully saturated rings. The van der Waals surface area contributed by atoms with Crippen LogP contribution in [0.4, 0.5) is 0 Å². The Hall–Kier alpha value is -1.64. The van der Waals surface area contributed by atoms with E-state index in [4.69, 9.17) is 0 Å². The summed E-state index contributed by atoms with van der Waals surface area (Å²) in [7, 11) is 0.